The van der Waals surface area contributed by atoms with E-state index in [-0.39, 0.29) is 5.97 Å². The Morgan fingerprint density at radius 3 is 2.55 bits per heavy atom. The molecular formula is C16H22O4. The van der Waals surface area contributed by atoms with Crippen LogP contribution in [0.3, 0.4) is 0 Å². The van der Waals surface area contributed by atoms with Crippen molar-refractivity contribution in [3.05, 3.63) is 29.3 Å². The molecule has 4 heteroatoms. The molecule has 0 aliphatic heterocycles. The highest BCUT2D eigenvalue weighted by Crippen LogP contribution is 2.21. The van der Waals surface area contributed by atoms with Gasteiger partial charge in [0, 0.05) is 18.4 Å². The number of esters is 1. The van der Waals surface area contributed by atoms with Crippen LogP contribution in [0.25, 0.3) is 0 Å². The topological polar surface area (TPSA) is 52.6 Å². The molecule has 0 unspecified atom stereocenters. The highest BCUT2D eigenvalue weighted by Gasteiger charge is 2.16. The van der Waals surface area contributed by atoms with E-state index >= 15 is 0 Å². The van der Waals surface area contributed by atoms with Gasteiger partial charge in [0.15, 0.2) is 0 Å². The van der Waals surface area contributed by atoms with E-state index < -0.39 is 5.60 Å². The van der Waals surface area contributed by atoms with E-state index in [9.17, 15) is 9.59 Å². The van der Waals surface area contributed by atoms with Gasteiger partial charge in [-0.1, -0.05) is 12.1 Å². The van der Waals surface area contributed by atoms with E-state index in [2.05, 4.69) is 0 Å². The third kappa shape index (κ3) is 5.43. The van der Waals surface area contributed by atoms with Crippen molar-refractivity contribution in [2.75, 3.05) is 7.11 Å². The Hall–Kier alpha value is -1.84. The van der Waals surface area contributed by atoms with Crippen molar-refractivity contribution in [1.82, 2.24) is 0 Å². The van der Waals surface area contributed by atoms with Crippen molar-refractivity contribution < 1.29 is 19.1 Å². The standard InChI is InChI=1S/C16H22O4/c1-16(2,3)20-15(18)8-6-12-5-7-13(9-10-17)14(11-12)19-4/h5,7,10-11H,6,8-9H2,1-4H3. The minimum atomic E-state index is -0.456. The molecule has 0 saturated carbocycles. The third-order valence-electron chi connectivity index (χ3n) is 2.69. The monoisotopic (exact) mass is 278 g/mol. The summed E-state index contributed by atoms with van der Waals surface area (Å²) in [4.78, 5) is 22.2. The third-order valence-corrected chi connectivity index (χ3v) is 2.69. The summed E-state index contributed by atoms with van der Waals surface area (Å²) in [7, 11) is 1.57. The van der Waals surface area contributed by atoms with Crippen molar-refractivity contribution in [2.45, 2.75) is 45.6 Å². The molecule has 1 aromatic rings. The van der Waals surface area contributed by atoms with Crippen molar-refractivity contribution in [2.24, 2.45) is 0 Å². The van der Waals surface area contributed by atoms with E-state index in [4.69, 9.17) is 9.47 Å². The Morgan fingerprint density at radius 2 is 2.00 bits per heavy atom. The quantitative estimate of drug-likeness (QED) is 0.593. The van der Waals surface area contributed by atoms with E-state index in [0.29, 0.717) is 25.0 Å². The van der Waals surface area contributed by atoms with Gasteiger partial charge < -0.3 is 14.3 Å². The lowest BCUT2D eigenvalue weighted by molar-refractivity contribution is -0.154. The molecule has 0 aromatic heterocycles. The highest BCUT2D eigenvalue weighted by atomic mass is 16.6. The number of aryl methyl sites for hydroxylation is 1. The number of hydrogen-bond donors (Lipinski definition) is 0. The molecule has 0 saturated heterocycles. The Kier molecular flexibility index (Phi) is 5.74. The molecule has 110 valence electrons. The predicted octanol–water partition coefficient (Wildman–Crippen LogP) is 2.71. The number of methoxy groups -OCH3 is 1. The zero-order valence-corrected chi connectivity index (χ0v) is 12.6. The fourth-order valence-corrected chi connectivity index (χ4v) is 1.84. The minimum absolute atomic E-state index is 0.214. The lowest BCUT2D eigenvalue weighted by atomic mass is 10.0. The number of rotatable bonds is 6. The lowest BCUT2D eigenvalue weighted by Gasteiger charge is -2.19. The number of aldehydes is 1. The summed E-state index contributed by atoms with van der Waals surface area (Å²) in [6.45, 7) is 5.55. The summed E-state index contributed by atoms with van der Waals surface area (Å²) in [6, 6.07) is 5.63. The van der Waals surface area contributed by atoms with Gasteiger partial charge in [0.05, 0.1) is 7.11 Å². The molecule has 0 aliphatic carbocycles. The SMILES string of the molecule is COc1cc(CCC(=O)OC(C)(C)C)ccc1CC=O. The summed E-state index contributed by atoms with van der Waals surface area (Å²) in [5.74, 6) is 0.465. The summed E-state index contributed by atoms with van der Waals surface area (Å²) >= 11 is 0. The molecule has 0 atom stereocenters. The fourth-order valence-electron chi connectivity index (χ4n) is 1.84. The number of benzene rings is 1. The maximum absolute atomic E-state index is 11.7. The zero-order valence-electron chi connectivity index (χ0n) is 12.6. The average molecular weight is 278 g/mol. The maximum Gasteiger partial charge on any atom is 0.306 e. The molecule has 0 heterocycles. The van der Waals surface area contributed by atoms with E-state index in [1.54, 1.807) is 7.11 Å². The van der Waals surface area contributed by atoms with Crippen LogP contribution in [0.4, 0.5) is 0 Å². The van der Waals surface area contributed by atoms with Crippen LogP contribution in [-0.2, 0) is 27.2 Å². The first-order valence-electron chi connectivity index (χ1n) is 6.67. The molecule has 4 nitrogen and oxygen atoms in total. The van der Waals surface area contributed by atoms with E-state index in [1.807, 2.05) is 39.0 Å². The van der Waals surface area contributed by atoms with Gasteiger partial charge in [-0.3, -0.25) is 4.79 Å². The first-order valence-corrected chi connectivity index (χ1v) is 6.67. The molecule has 0 aliphatic rings. The average Bonchev–Trinajstić information content (AvgIpc) is 2.36. The van der Waals surface area contributed by atoms with Crippen LogP contribution in [0.5, 0.6) is 5.75 Å². The van der Waals surface area contributed by atoms with E-state index in [0.717, 1.165) is 17.4 Å². The van der Waals surface area contributed by atoms with Crippen LogP contribution in [0.2, 0.25) is 0 Å². The van der Waals surface area contributed by atoms with Crippen molar-refractivity contribution in [3.63, 3.8) is 0 Å². The number of carbonyl (C=O) groups excluding carboxylic acids is 2. The van der Waals surface area contributed by atoms with Crippen molar-refractivity contribution >= 4 is 12.3 Å². The Balaban J connectivity index is 2.65. The molecule has 0 spiro atoms. The summed E-state index contributed by atoms with van der Waals surface area (Å²) in [5, 5.41) is 0. The van der Waals surface area contributed by atoms with Gasteiger partial charge in [-0.2, -0.15) is 0 Å². The van der Waals surface area contributed by atoms with E-state index in [1.165, 1.54) is 0 Å². The predicted molar refractivity (Wildman–Crippen MR) is 76.9 cm³/mol. The lowest BCUT2D eigenvalue weighted by Crippen LogP contribution is -2.24. The van der Waals surface area contributed by atoms with Gasteiger partial charge in [0.25, 0.3) is 0 Å². The van der Waals surface area contributed by atoms with Crippen LogP contribution in [-0.4, -0.2) is 25.0 Å². The summed E-state index contributed by atoms with van der Waals surface area (Å²) < 4.78 is 10.5. The number of carbonyl (C=O) groups is 2. The van der Waals surface area contributed by atoms with Crippen LogP contribution in [0.1, 0.15) is 38.3 Å². The molecular weight excluding hydrogens is 256 g/mol. The van der Waals surface area contributed by atoms with Gasteiger partial charge in [-0.25, -0.2) is 0 Å². The smallest absolute Gasteiger partial charge is 0.306 e. The minimum Gasteiger partial charge on any atom is -0.496 e. The molecule has 0 radical (unpaired) electrons. The van der Waals surface area contributed by atoms with Crippen molar-refractivity contribution in [1.29, 1.82) is 0 Å². The second-order valence-electron chi connectivity index (χ2n) is 5.60. The van der Waals surface area contributed by atoms with Gasteiger partial charge in [0.1, 0.15) is 17.6 Å². The summed E-state index contributed by atoms with van der Waals surface area (Å²) in [6.07, 6.45) is 2.09. The molecule has 0 fully saturated rings. The molecule has 0 amide bonds. The van der Waals surface area contributed by atoms with Gasteiger partial charge in [-0.15, -0.1) is 0 Å². The first-order chi connectivity index (χ1) is 9.35. The normalized spacial score (nSPS) is 11.0. The van der Waals surface area contributed by atoms with Gasteiger partial charge in [0.2, 0.25) is 0 Å². The maximum atomic E-state index is 11.7. The molecule has 0 N–H and O–H groups in total. The Labute approximate surface area is 120 Å². The molecule has 0 bridgehead atoms. The van der Waals surface area contributed by atoms with Gasteiger partial charge >= 0.3 is 5.97 Å². The molecule has 1 rings (SSSR count). The van der Waals surface area contributed by atoms with Crippen molar-refractivity contribution in [3.8, 4) is 5.75 Å². The Morgan fingerprint density at radius 1 is 1.30 bits per heavy atom. The van der Waals surface area contributed by atoms with Crippen LogP contribution >= 0.6 is 0 Å². The second-order valence-corrected chi connectivity index (χ2v) is 5.60. The van der Waals surface area contributed by atoms with Gasteiger partial charge in [-0.05, 0) is 38.8 Å². The summed E-state index contributed by atoms with van der Waals surface area (Å²) in [5.41, 5.74) is 1.38. The second kappa shape index (κ2) is 7.08. The molecule has 1 aromatic carbocycles. The van der Waals surface area contributed by atoms with Crippen LogP contribution in [0, 0.1) is 0 Å². The largest absolute Gasteiger partial charge is 0.496 e. The first kappa shape index (κ1) is 16.2. The highest BCUT2D eigenvalue weighted by molar-refractivity contribution is 5.70. The fraction of sp³-hybridized carbons (Fsp3) is 0.500. The Bertz CT molecular complexity index is 472. The van der Waals surface area contributed by atoms with Crippen LogP contribution < -0.4 is 4.74 Å². The van der Waals surface area contributed by atoms with Crippen LogP contribution in [0.15, 0.2) is 18.2 Å². The molecule has 20 heavy (non-hydrogen) atoms. The zero-order chi connectivity index (χ0) is 15.2. The number of ether oxygens (including phenoxy) is 2. The number of hydrogen-bond acceptors (Lipinski definition) is 4.